The minimum atomic E-state index is -0.812. The Morgan fingerprint density at radius 2 is 2.04 bits per heavy atom. The van der Waals surface area contributed by atoms with E-state index in [1.54, 1.807) is 11.8 Å². The van der Waals surface area contributed by atoms with Gasteiger partial charge in [-0.25, -0.2) is 0 Å². The lowest BCUT2D eigenvalue weighted by Gasteiger charge is -2.48. The van der Waals surface area contributed by atoms with E-state index in [1.807, 2.05) is 6.07 Å². The second-order valence-electron chi connectivity index (χ2n) is 9.27. The van der Waals surface area contributed by atoms with Crippen molar-refractivity contribution < 1.29 is 9.90 Å². The average molecular weight is 376 g/mol. The molecule has 0 bridgehead atoms. The summed E-state index contributed by atoms with van der Waals surface area (Å²) in [6, 6.07) is 4.48. The summed E-state index contributed by atoms with van der Waals surface area (Å²) in [4.78, 5) is 17.8. The van der Waals surface area contributed by atoms with Gasteiger partial charge in [-0.2, -0.15) is 5.10 Å². The Labute approximate surface area is 162 Å². The predicted molar refractivity (Wildman–Crippen MR) is 106 cm³/mol. The SMILES string of the molecule is CC(=O)N1CCCC(O)(CN(C)C2CN(c3ccc(C(C)(C)C)nn3)C2)C1. The van der Waals surface area contributed by atoms with Gasteiger partial charge in [-0.05, 0) is 32.0 Å². The molecule has 2 aliphatic rings. The van der Waals surface area contributed by atoms with E-state index in [4.69, 9.17) is 0 Å². The number of likely N-dealkylation sites (N-methyl/N-ethyl adjacent to an activating group) is 1. The van der Waals surface area contributed by atoms with Gasteiger partial charge in [0.15, 0.2) is 5.82 Å². The minimum absolute atomic E-state index is 0.00637. The molecular weight excluding hydrogens is 342 g/mol. The highest BCUT2D eigenvalue weighted by Crippen LogP contribution is 2.27. The number of anilines is 1. The Bertz CT molecular complexity index is 666. The number of carbonyl (C=O) groups is 1. The lowest BCUT2D eigenvalue weighted by Crippen LogP contribution is -2.63. The number of nitrogens with zero attached hydrogens (tertiary/aromatic N) is 5. The van der Waals surface area contributed by atoms with Gasteiger partial charge in [-0.3, -0.25) is 9.69 Å². The largest absolute Gasteiger partial charge is 0.387 e. The Hall–Kier alpha value is -1.73. The van der Waals surface area contributed by atoms with Crippen LogP contribution in [0.3, 0.4) is 0 Å². The topological polar surface area (TPSA) is 72.8 Å². The quantitative estimate of drug-likeness (QED) is 0.854. The summed E-state index contributed by atoms with van der Waals surface area (Å²) in [6.45, 7) is 11.5. The molecule has 150 valence electrons. The molecule has 0 spiro atoms. The van der Waals surface area contributed by atoms with Crippen LogP contribution in [0.5, 0.6) is 0 Å². The fourth-order valence-corrected chi connectivity index (χ4v) is 3.92. The summed E-state index contributed by atoms with van der Waals surface area (Å²) in [6.07, 6.45) is 1.60. The Kier molecular flexibility index (Phi) is 5.45. The number of aromatic nitrogens is 2. The standard InChI is InChI=1S/C20H33N5O2/c1-15(26)24-10-6-9-20(27,14-24)13-23(5)16-11-25(12-16)18-8-7-17(21-22-18)19(2,3)4/h7-8,16,27H,6,9-14H2,1-5H3. The van der Waals surface area contributed by atoms with Crippen molar-refractivity contribution in [1.82, 2.24) is 20.0 Å². The molecule has 7 heteroatoms. The predicted octanol–water partition coefficient (Wildman–Crippen LogP) is 1.27. The number of aliphatic hydroxyl groups is 1. The molecule has 1 atom stereocenters. The fourth-order valence-electron chi connectivity index (χ4n) is 3.92. The van der Waals surface area contributed by atoms with Crippen molar-refractivity contribution in [3.63, 3.8) is 0 Å². The summed E-state index contributed by atoms with van der Waals surface area (Å²) < 4.78 is 0. The van der Waals surface area contributed by atoms with Crippen molar-refractivity contribution in [2.24, 2.45) is 0 Å². The van der Waals surface area contributed by atoms with E-state index in [-0.39, 0.29) is 11.3 Å². The molecule has 3 heterocycles. The normalized spacial score (nSPS) is 24.3. The molecule has 1 N–H and O–H groups in total. The first-order chi connectivity index (χ1) is 12.6. The van der Waals surface area contributed by atoms with E-state index in [2.05, 4.69) is 53.9 Å². The summed E-state index contributed by atoms with van der Waals surface area (Å²) >= 11 is 0. The van der Waals surface area contributed by atoms with Crippen LogP contribution >= 0.6 is 0 Å². The number of rotatable bonds is 4. The number of hydrogen-bond donors (Lipinski definition) is 1. The molecule has 1 aromatic rings. The maximum Gasteiger partial charge on any atom is 0.219 e. The van der Waals surface area contributed by atoms with Crippen LogP contribution in [0.2, 0.25) is 0 Å². The van der Waals surface area contributed by atoms with Crippen LogP contribution in [0, 0.1) is 0 Å². The molecule has 2 fully saturated rings. The van der Waals surface area contributed by atoms with Gasteiger partial charge >= 0.3 is 0 Å². The first kappa shape index (κ1) is 20.0. The van der Waals surface area contributed by atoms with Gasteiger partial charge in [-0.15, -0.1) is 5.10 Å². The van der Waals surface area contributed by atoms with E-state index in [0.717, 1.165) is 44.0 Å². The molecule has 2 saturated heterocycles. The lowest BCUT2D eigenvalue weighted by atomic mass is 9.91. The average Bonchev–Trinajstić information content (AvgIpc) is 2.52. The third-order valence-corrected chi connectivity index (χ3v) is 5.77. The maximum absolute atomic E-state index is 11.6. The van der Waals surface area contributed by atoms with Crippen LogP contribution in [0.4, 0.5) is 5.82 Å². The zero-order chi connectivity index (χ0) is 19.8. The molecule has 0 radical (unpaired) electrons. The lowest BCUT2D eigenvalue weighted by molar-refractivity contribution is -0.137. The van der Waals surface area contributed by atoms with Crippen molar-refractivity contribution in [3.05, 3.63) is 17.8 Å². The van der Waals surface area contributed by atoms with E-state index >= 15 is 0 Å². The van der Waals surface area contributed by atoms with Crippen LogP contribution in [0.15, 0.2) is 12.1 Å². The summed E-state index contributed by atoms with van der Waals surface area (Å²) in [5.41, 5.74) is 0.189. The van der Waals surface area contributed by atoms with E-state index in [9.17, 15) is 9.90 Å². The molecule has 0 aromatic carbocycles. The van der Waals surface area contributed by atoms with Crippen LogP contribution in [0.25, 0.3) is 0 Å². The van der Waals surface area contributed by atoms with Crippen LogP contribution in [-0.2, 0) is 10.2 Å². The third-order valence-electron chi connectivity index (χ3n) is 5.77. The summed E-state index contributed by atoms with van der Waals surface area (Å²) in [5.74, 6) is 0.953. The van der Waals surface area contributed by atoms with Crippen molar-refractivity contribution in [2.45, 2.75) is 57.6 Å². The van der Waals surface area contributed by atoms with Crippen molar-refractivity contribution in [2.75, 3.05) is 44.7 Å². The second-order valence-corrected chi connectivity index (χ2v) is 9.27. The highest BCUT2D eigenvalue weighted by atomic mass is 16.3. The van der Waals surface area contributed by atoms with Crippen LogP contribution in [0.1, 0.15) is 46.2 Å². The molecule has 7 nitrogen and oxygen atoms in total. The van der Waals surface area contributed by atoms with Crippen molar-refractivity contribution in [3.8, 4) is 0 Å². The smallest absolute Gasteiger partial charge is 0.219 e. The molecular formula is C20H33N5O2. The van der Waals surface area contributed by atoms with Gasteiger partial charge < -0.3 is 14.9 Å². The summed E-state index contributed by atoms with van der Waals surface area (Å²) in [7, 11) is 2.06. The first-order valence-electron chi connectivity index (χ1n) is 9.85. The highest BCUT2D eigenvalue weighted by molar-refractivity contribution is 5.73. The number of β-amino-alcohol motifs (C(OH)–C–C–N with tert-alkyl or cyclic N) is 1. The molecule has 1 aromatic heterocycles. The van der Waals surface area contributed by atoms with Gasteiger partial charge in [0, 0.05) is 44.6 Å². The number of amides is 1. The molecule has 2 aliphatic heterocycles. The molecule has 0 aliphatic carbocycles. The number of carbonyl (C=O) groups excluding carboxylic acids is 1. The zero-order valence-corrected chi connectivity index (χ0v) is 17.3. The van der Waals surface area contributed by atoms with Gasteiger partial charge in [0.25, 0.3) is 0 Å². The second kappa shape index (κ2) is 7.36. The molecule has 0 saturated carbocycles. The first-order valence-corrected chi connectivity index (χ1v) is 9.85. The monoisotopic (exact) mass is 375 g/mol. The van der Waals surface area contributed by atoms with Crippen molar-refractivity contribution in [1.29, 1.82) is 0 Å². The van der Waals surface area contributed by atoms with Gasteiger partial charge in [-0.1, -0.05) is 20.8 Å². The Morgan fingerprint density at radius 1 is 1.33 bits per heavy atom. The van der Waals surface area contributed by atoms with E-state index in [0.29, 0.717) is 19.1 Å². The Balaban J connectivity index is 1.52. The molecule has 1 amide bonds. The highest BCUT2D eigenvalue weighted by Gasteiger charge is 2.39. The Morgan fingerprint density at radius 3 is 2.59 bits per heavy atom. The third kappa shape index (κ3) is 4.58. The molecule has 1 unspecified atom stereocenters. The van der Waals surface area contributed by atoms with Crippen LogP contribution < -0.4 is 4.90 Å². The molecule has 27 heavy (non-hydrogen) atoms. The minimum Gasteiger partial charge on any atom is -0.387 e. The van der Waals surface area contributed by atoms with E-state index < -0.39 is 5.60 Å². The zero-order valence-electron chi connectivity index (χ0n) is 17.3. The fraction of sp³-hybridized carbons (Fsp3) is 0.750. The summed E-state index contributed by atoms with van der Waals surface area (Å²) in [5, 5.41) is 19.7. The van der Waals surface area contributed by atoms with E-state index in [1.165, 1.54) is 0 Å². The maximum atomic E-state index is 11.6. The van der Waals surface area contributed by atoms with Crippen LogP contribution in [-0.4, -0.2) is 82.4 Å². The number of hydrogen-bond acceptors (Lipinski definition) is 6. The number of likely N-dealkylation sites (tertiary alicyclic amines) is 1. The van der Waals surface area contributed by atoms with Gasteiger partial charge in [0.1, 0.15) is 0 Å². The van der Waals surface area contributed by atoms with Gasteiger partial charge in [0.05, 0.1) is 17.8 Å². The van der Waals surface area contributed by atoms with Gasteiger partial charge in [0.2, 0.25) is 5.91 Å². The molecule has 3 rings (SSSR count). The van der Waals surface area contributed by atoms with Crippen molar-refractivity contribution >= 4 is 11.7 Å². The number of piperidine rings is 1.